The molecule has 0 amide bonds. The minimum atomic E-state index is -1.05. The van der Waals surface area contributed by atoms with E-state index in [9.17, 15) is 9.90 Å². The van der Waals surface area contributed by atoms with Gasteiger partial charge in [0.25, 0.3) is 0 Å². The van der Waals surface area contributed by atoms with Crippen molar-refractivity contribution in [1.29, 1.82) is 0 Å². The summed E-state index contributed by atoms with van der Waals surface area (Å²) in [7, 11) is 1.52. The van der Waals surface area contributed by atoms with Gasteiger partial charge in [-0.1, -0.05) is 30.3 Å². The maximum atomic E-state index is 11.4. The molecule has 6 heteroatoms. The predicted octanol–water partition coefficient (Wildman–Crippen LogP) is 2.55. The number of methoxy groups -OCH3 is 1. The summed E-state index contributed by atoms with van der Waals surface area (Å²) in [5.74, 6) is -1.05. The fourth-order valence-corrected chi connectivity index (χ4v) is 2.53. The number of hydrogen-bond donors (Lipinski definition) is 1. The Balaban J connectivity index is 2.32. The quantitative estimate of drug-likeness (QED) is 0.801. The molecule has 0 bridgehead atoms. The van der Waals surface area contributed by atoms with E-state index in [4.69, 9.17) is 4.74 Å². The number of aryl methyl sites for hydroxylation is 1. The minimum absolute atomic E-state index is 0.0939. The SMILES string of the molecule is COCc1c(C(=O)O)cnc2c(-c3ccccc3)c(C)nn12. The highest BCUT2D eigenvalue weighted by Gasteiger charge is 2.20. The molecule has 0 aliphatic heterocycles. The highest BCUT2D eigenvalue weighted by molar-refractivity contribution is 5.89. The minimum Gasteiger partial charge on any atom is -0.478 e. The van der Waals surface area contributed by atoms with Crippen LogP contribution in [0.1, 0.15) is 21.7 Å². The van der Waals surface area contributed by atoms with Crippen LogP contribution >= 0.6 is 0 Å². The fourth-order valence-electron chi connectivity index (χ4n) is 2.53. The van der Waals surface area contributed by atoms with E-state index in [2.05, 4.69) is 10.1 Å². The monoisotopic (exact) mass is 297 g/mol. The van der Waals surface area contributed by atoms with Crippen molar-refractivity contribution in [3.05, 3.63) is 53.5 Å². The fraction of sp³-hybridized carbons (Fsp3) is 0.188. The molecule has 0 saturated heterocycles. The number of aromatic nitrogens is 3. The maximum absolute atomic E-state index is 11.4. The summed E-state index contributed by atoms with van der Waals surface area (Å²) in [6.07, 6.45) is 1.36. The third-order valence-electron chi connectivity index (χ3n) is 3.49. The lowest BCUT2D eigenvalue weighted by Crippen LogP contribution is -2.11. The van der Waals surface area contributed by atoms with Crippen LogP contribution in [-0.4, -0.2) is 32.8 Å². The third kappa shape index (κ3) is 2.23. The van der Waals surface area contributed by atoms with Crippen molar-refractivity contribution in [2.24, 2.45) is 0 Å². The van der Waals surface area contributed by atoms with Crippen molar-refractivity contribution < 1.29 is 14.6 Å². The number of carboxylic acid groups (broad SMARTS) is 1. The zero-order valence-corrected chi connectivity index (χ0v) is 12.3. The average molecular weight is 297 g/mol. The van der Waals surface area contributed by atoms with Crippen molar-refractivity contribution in [2.45, 2.75) is 13.5 Å². The number of aromatic carboxylic acids is 1. The molecule has 2 aromatic heterocycles. The van der Waals surface area contributed by atoms with E-state index < -0.39 is 5.97 Å². The van der Waals surface area contributed by atoms with Gasteiger partial charge in [-0.2, -0.15) is 5.10 Å². The average Bonchev–Trinajstić information content (AvgIpc) is 2.85. The zero-order valence-electron chi connectivity index (χ0n) is 12.3. The number of benzene rings is 1. The Morgan fingerprint density at radius 1 is 1.32 bits per heavy atom. The molecule has 0 aliphatic rings. The molecule has 6 nitrogen and oxygen atoms in total. The van der Waals surface area contributed by atoms with Gasteiger partial charge in [-0.15, -0.1) is 0 Å². The van der Waals surface area contributed by atoms with Gasteiger partial charge >= 0.3 is 5.97 Å². The van der Waals surface area contributed by atoms with E-state index in [0.29, 0.717) is 11.3 Å². The summed E-state index contributed by atoms with van der Waals surface area (Å²) in [4.78, 5) is 15.7. The molecule has 0 atom stereocenters. The molecule has 3 rings (SSSR count). The van der Waals surface area contributed by atoms with Crippen LogP contribution in [0.5, 0.6) is 0 Å². The Bertz CT molecular complexity index is 841. The molecular formula is C16H15N3O3. The van der Waals surface area contributed by atoms with Gasteiger partial charge in [-0.3, -0.25) is 0 Å². The van der Waals surface area contributed by atoms with E-state index in [1.165, 1.54) is 13.3 Å². The van der Waals surface area contributed by atoms with Gasteiger partial charge in [-0.25, -0.2) is 14.3 Å². The summed E-state index contributed by atoms with van der Waals surface area (Å²) < 4.78 is 6.69. The Kier molecular flexibility index (Phi) is 3.60. The Labute approximate surface area is 127 Å². The van der Waals surface area contributed by atoms with E-state index >= 15 is 0 Å². The van der Waals surface area contributed by atoms with Gasteiger partial charge in [0.1, 0.15) is 5.56 Å². The molecule has 1 N–H and O–H groups in total. The highest BCUT2D eigenvalue weighted by atomic mass is 16.5. The first-order valence-corrected chi connectivity index (χ1v) is 6.78. The molecule has 2 heterocycles. The molecular weight excluding hydrogens is 282 g/mol. The standard InChI is InChI=1S/C16H15N3O3/c1-10-14(11-6-4-3-5-7-11)15-17-8-12(16(20)21)13(9-22-2)19(15)18-10/h3-8H,9H2,1-2H3,(H,20,21). The number of hydrogen-bond acceptors (Lipinski definition) is 4. The summed E-state index contributed by atoms with van der Waals surface area (Å²) >= 11 is 0. The lowest BCUT2D eigenvalue weighted by atomic mass is 10.1. The van der Waals surface area contributed by atoms with Gasteiger partial charge in [0.15, 0.2) is 5.65 Å². The number of fused-ring (bicyclic) bond motifs is 1. The van der Waals surface area contributed by atoms with Gasteiger partial charge < -0.3 is 9.84 Å². The van der Waals surface area contributed by atoms with Crippen LogP contribution in [0.15, 0.2) is 36.5 Å². The van der Waals surface area contributed by atoms with E-state index in [1.807, 2.05) is 37.3 Å². The first kappa shape index (κ1) is 14.2. The predicted molar refractivity (Wildman–Crippen MR) is 80.8 cm³/mol. The lowest BCUT2D eigenvalue weighted by Gasteiger charge is -2.07. The summed E-state index contributed by atoms with van der Waals surface area (Å²) in [5.41, 5.74) is 3.88. The summed E-state index contributed by atoms with van der Waals surface area (Å²) in [6.45, 7) is 2.03. The molecule has 0 aliphatic carbocycles. The molecule has 1 aromatic carbocycles. The molecule has 0 unspecified atom stereocenters. The smallest absolute Gasteiger partial charge is 0.339 e. The molecule has 22 heavy (non-hydrogen) atoms. The maximum Gasteiger partial charge on any atom is 0.339 e. The van der Waals surface area contributed by atoms with Crippen LogP contribution in [0.2, 0.25) is 0 Å². The van der Waals surface area contributed by atoms with Crippen molar-refractivity contribution in [2.75, 3.05) is 7.11 Å². The lowest BCUT2D eigenvalue weighted by molar-refractivity contribution is 0.0689. The summed E-state index contributed by atoms with van der Waals surface area (Å²) in [5, 5.41) is 13.8. The Hall–Kier alpha value is -2.73. The molecule has 0 radical (unpaired) electrons. The van der Waals surface area contributed by atoms with Crippen molar-refractivity contribution in [1.82, 2.24) is 14.6 Å². The number of ether oxygens (including phenoxy) is 1. The van der Waals surface area contributed by atoms with Crippen LogP contribution in [-0.2, 0) is 11.3 Å². The molecule has 0 saturated carbocycles. The number of rotatable bonds is 4. The van der Waals surface area contributed by atoms with Crippen LogP contribution in [0.3, 0.4) is 0 Å². The molecule has 3 aromatic rings. The van der Waals surface area contributed by atoms with Crippen LogP contribution in [0.4, 0.5) is 0 Å². The third-order valence-corrected chi connectivity index (χ3v) is 3.49. The van der Waals surface area contributed by atoms with Crippen molar-refractivity contribution in [3.63, 3.8) is 0 Å². The van der Waals surface area contributed by atoms with E-state index in [-0.39, 0.29) is 12.2 Å². The van der Waals surface area contributed by atoms with Gasteiger partial charge in [0, 0.05) is 18.9 Å². The van der Waals surface area contributed by atoms with Crippen molar-refractivity contribution in [3.8, 4) is 11.1 Å². The van der Waals surface area contributed by atoms with Gasteiger partial charge in [0.2, 0.25) is 0 Å². The second-order valence-corrected chi connectivity index (χ2v) is 4.92. The Morgan fingerprint density at radius 2 is 2.05 bits per heavy atom. The number of carboxylic acids is 1. The van der Waals surface area contributed by atoms with E-state index in [1.54, 1.807) is 4.52 Å². The molecule has 0 fully saturated rings. The Morgan fingerprint density at radius 3 is 2.68 bits per heavy atom. The first-order chi connectivity index (χ1) is 10.6. The number of nitrogens with zero attached hydrogens (tertiary/aromatic N) is 3. The van der Waals surface area contributed by atoms with Crippen LogP contribution in [0.25, 0.3) is 16.8 Å². The first-order valence-electron chi connectivity index (χ1n) is 6.78. The van der Waals surface area contributed by atoms with E-state index in [0.717, 1.165) is 16.8 Å². The van der Waals surface area contributed by atoms with Crippen molar-refractivity contribution >= 4 is 11.6 Å². The highest BCUT2D eigenvalue weighted by Crippen LogP contribution is 2.28. The van der Waals surface area contributed by atoms with Gasteiger partial charge in [0.05, 0.1) is 18.0 Å². The second-order valence-electron chi connectivity index (χ2n) is 4.92. The second kappa shape index (κ2) is 5.57. The van der Waals surface area contributed by atoms with Crippen LogP contribution < -0.4 is 0 Å². The number of carbonyl (C=O) groups is 1. The normalized spacial score (nSPS) is 11.0. The van der Waals surface area contributed by atoms with Crippen LogP contribution in [0, 0.1) is 6.92 Å². The molecule has 0 spiro atoms. The molecule has 112 valence electrons. The zero-order chi connectivity index (χ0) is 15.7. The largest absolute Gasteiger partial charge is 0.478 e. The topological polar surface area (TPSA) is 76.7 Å². The summed E-state index contributed by atoms with van der Waals surface area (Å²) in [6, 6.07) is 9.79. The van der Waals surface area contributed by atoms with Gasteiger partial charge in [-0.05, 0) is 12.5 Å².